The summed E-state index contributed by atoms with van der Waals surface area (Å²) in [6, 6.07) is 40.6. The summed E-state index contributed by atoms with van der Waals surface area (Å²) < 4.78 is 16.9. The van der Waals surface area contributed by atoms with E-state index in [9.17, 15) is 29.7 Å². The molecule has 0 aliphatic carbocycles. The number of ketones is 3. The van der Waals surface area contributed by atoms with Crippen LogP contribution in [-0.2, 0) is 17.1 Å². The number of ether oxygens (including phenoxy) is 3. The summed E-state index contributed by atoms with van der Waals surface area (Å²) in [5.41, 5.74) is 2.13. The molecule has 1 radical (unpaired) electrons. The van der Waals surface area contributed by atoms with Crippen LogP contribution >= 0.6 is 0 Å². The van der Waals surface area contributed by atoms with E-state index in [2.05, 4.69) is 20.8 Å². The van der Waals surface area contributed by atoms with Crippen molar-refractivity contribution in [3.8, 4) is 34.5 Å². The minimum atomic E-state index is -0.288. The van der Waals surface area contributed by atoms with E-state index in [-0.39, 0.29) is 68.4 Å². The fourth-order valence-electron chi connectivity index (χ4n) is 7.79. The molecule has 0 unspecified atom stereocenters. The fourth-order valence-corrected chi connectivity index (χ4v) is 7.79. The van der Waals surface area contributed by atoms with Gasteiger partial charge in [-0.15, -0.1) is 0 Å². The van der Waals surface area contributed by atoms with E-state index < -0.39 is 0 Å². The third kappa shape index (κ3) is 23.0. The molecule has 389 valence electrons. The second kappa shape index (κ2) is 36.5. The van der Waals surface area contributed by atoms with Crippen molar-refractivity contribution in [1.82, 2.24) is 0 Å². The first-order chi connectivity index (χ1) is 35.2. The average molecular weight is 1030 g/mol. The molecular weight excluding hydrogens is 957 g/mol. The van der Waals surface area contributed by atoms with E-state index in [0.717, 1.165) is 38.5 Å². The number of hydrogen-bond donors (Lipinski definition) is 0. The molecule has 0 N–H and O–H groups in total. The van der Waals surface area contributed by atoms with Gasteiger partial charge in [0.2, 0.25) is 0 Å². The number of hydrogen-bond acceptors (Lipinski definition) is 9. The van der Waals surface area contributed by atoms with E-state index in [1.807, 2.05) is 18.2 Å². The SMILES string of the molecule is CCCCCCCCOc1ccc(C(=O)c2ccccc2)c([O-])c1.CCCCCCCCOc1ccc(C(=O)c2ccccc2)c([O-])c1.CCCCCCCCOc1ccc(C(=O)c2ccccc2)c([O-])c1.[Fe+3]. The van der Waals surface area contributed by atoms with Crippen LogP contribution in [0.3, 0.4) is 0 Å². The van der Waals surface area contributed by atoms with Gasteiger partial charge in [-0.2, -0.15) is 0 Å². The van der Waals surface area contributed by atoms with Crippen LogP contribution in [0.4, 0.5) is 0 Å². The molecule has 0 fully saturated rings. The van der Waals surface area contributed by atoms with Crippen LogP contribution in [0.1, 0.15) is 184 Å². The maximum absolute atomic E-state index is 12.3. The van der Waals surface area contributed by atoms with Gasteiger partial charge in [0.15, 0.2) is 17.3 Å². The summed E-state index contributed by atoms with van der Waals surface area (Å²) in [5.74, 6) is 0.0154. The van der Waals surface area contributed by atoms with Gasteiger partial charge in [0.25, 0.3) is 0 Å². The van der Waals surface area contributed by atoms with E-state index in [0.29, 0.717) is 53.8 Å². The van der Waals surface area contributed by atoms with Crippen LogP contribution in [0.2, 0.25) is 0 Å². The molecule has 6 rings (SSSR count). The summed E-state index contributed by atoms with van der Waals surface area (Å²) in [7, 11) is 0. The molecule has 0 heterocycles. The molecule has 0 amide bonds. The molecule has 0 bridgehead atoms. The van der Waals surface area contributed by atoms with Gasteiger partial charge in [-0.1, -0.05) is 225 Å². The molecular formula is C63H75FeO9. The number of carbonyl (C=O) groups excluding carboxylic acids is 3. The van der Waals surface area contributed by atoms with Crippen molar-refractivity contribution in [2.24, 2.45) is 0 Å². The zero-order valence-electron chi connectivity index (χ0n) is 43.2. The minimum Gasteiger partial charge on any atom is -0.872 e. The number of rotatable bonds is 30. The molecule has 0 saturated carbocycles. The number of unbranched alkanes of at least 4 members (excludes halogenated alkanes) is 15. The van der Waals surface area contributed by atoms with Crippen molar-refractivity contribution >= 4 is 17.3 Å². The zero-order valence-corrected chi connectivity index (χ0v) is 44.3. The molecule has 6 aromatic carbocycles. The topological polar surface area (TPSA) is 148 Å². The first-order valence-corrected chi connectivity index (χ1v) is 26.3. The van der Waals surface area contributed by atoms with Gasteiger partial charge in [-0.25, -0.2) is 0 Å². The Balaban J connectivity index is 0.000000287. The molecule has 0 aliphatic heterocycles. The van der Waals surface area contributed by atoms with Gasteiger partial charge in [0, 0.05) is 33.4 Å². The molecule has 0 aromatic heterocycles. The minimum absolute atomic E-state index is 0. The third-order valence-electron chi connectivity index (χ3n) is 12.0. The van der Waals surface area contributed by atoms with Crippen LogP contribution in [-0.4, -0.2) is 37.2 Å². The van der Waals surface area contributed by atoms with Crippen molar-refractivity contribution in [2.45, 2.75) is 136 Å². The van der Waals surface area contributed by atoms with Crippen molar-refractivity contribution in [1.29, 1.82) is 0 Å². The summed E-state index contributed by atoms with van der Waals surface area (Å²) in [5, 5.41) is 36.5. The summed E-state index contributed by atoms with van der Waals surface area (Å²) in [4.78, 5) is 37.0. The maximum Gasteiger partial charge on any atom is 3.00 e. The second-order valence-corrected chi connectivity index (χ2v) is 17.9. The maximum atomic E-state index is 12.3. The van der Waals surface area contributed by atoms with Gasteiger partial charge >= 0.3 is 17.1 Å². The predicted molar refractivity (Wildman–Crippen MR) is 284 cm³/mol. The van der Waals surface area contributed by atoms with Crippen LogP contribution in [0, 0.1) is 0 Å². The smallest absolute Gasteiger partial charge is 0.872 e. The summed E-state index contributed by atoms with van der Waals surface area (Å²) >= 11 is 0. The van der Waals surface area contributed by atoms with Crippen molar-refractivity contribution in [3.63, 3.8) is 0 Å². The van der Waals surface area contributed by atoms with Gasteiger partial charge in [-0.05, 0) is 73.9 Å². The van der Waals surface area contributed by atoms with Gasteiger partial charge in [0.1, 0.15) is 17.2 Å². The number of carbonyl (C=O) groups is 3. The zero-order chi connectivity index (χ0) is 51.6. The summed E-state index contributed by atoms with van der Waals surface area (Å²) in [6.45, 7) is 8.44. The Morgan fingerprint density at radius 1 is 0.329 bits per heavy atom. The molecule has 0 saturated heterocycles. The van der Waals surface area contributed by atoms with Gasteiger partial charge in [0.05, 0.1) is 19.8 Å². The van der Waals surface area contributed by atoms with Crippen molar-refractivity contribution < 1.29 is 61.0 Å². The first kappa shape index (κ1) is 61.0. The molecule has 0 atom stereocenters. The normalized spacial score (nSPS) is 10.4. The molecule has 6 aromatic rings. The van der Waals surface area contributed by atoms with E-state index in [1.165, 1.54) is 95.2 Å². The van der Waals surface area contributed by atoms with Crippen LogP contribution in [0.5, 0.6) is 34.5 Å². The molecule has 10 heteroatoms. The van der Waals surface area contributed by atoms with Crippen LogP contribution < -0.4 is 29.5 Å². The van der Waals surface area contributed by atoms with E-state index >= 15 is 0 Å². The molecule has 73 heavy (non-hydrogen) atoms. The Hall–Kier alpha value is -6.35. The van der Waals surface area contributed by atoms with Crippen molar-refractivity contribution in [2.75, 3.05) is 19.8 Å². The Morgan fingerprint density at radius 2 is 0.562 bits per heavy atom. The Kier molecular flexibility index (Phi) is 30.5. The number of benzene rings is 6. The Bertz CT molecular complexity index is 2190. The standard InChI is InChI=1S/3C21H26O3.Fe/c3*1-2-3-4-5-6-10-15-24-18-13-14-19(20(22)16-18)21(23)17-11-8-7-9-12-17;/h3*7-9,11-14,16,22H,2-6,10,15H2,1H3;/q;;;+3/p-3. The third-order valence-corrected chi connectivity index (χ3v) is 12.0. The average Bonchev–Trinajstić information content (AvgIpc) is 3.41. The molecule has 0 aliphatic rings. The molecule has 0 spiro atoms. The Morgan fingerprint density at radius 3 is 0.795 bits per heavy atom. The Labute approximate surface area is 445 Å². The van der Waals surface area contributed by atoms with Crippen molar-refractivity contribution in [3.05, 3.63) is 179 Å². The van der Waals surface area contributed by atoms with E-state index in [1.54, 1.807) is 109 Å². The predicted octanol–water partition coefficient (Wildman–Crippen LogP) is 14.2. The monoisotopic (exact) mass is 1030 g/mol. The fraction of sp³-hybridized carbons (Fsp3) is 0.381. The van der Waals surface area contributed by atoms with Crippen LogP contribution in [0.25, 0.3) is 0 Å². The molecule has 9 nitrogen and oxygen atoms in total. The second-order valence-electron chi connectivity index (χ2n) is 17.9. The van der Waals surface area contributed by atoms with E-state index in [4.69, 9.17) is 14.2 Å². The summed E-state index contributed by atoms with van der Waals surface area (Å²) in [6.07, 6.45) is 21.5. The quantitative estimate of drug-likeness (QED) is 0.0244. The van der Waals surface area contributed by atoms with Gasteiger partial charge in [-0.3, -0.25) is 14.4 Å². The first-order valence-electron chi connectivity index (χ1n) is 26.3. The largest absolute Gasteiger partial charge is 3.00 e. The van der Waals surface area contributed by atoms with Crippen LogP contribution in [0.15, 0.2) is 146 Å². The van der Waals surface area contributed by atoms with Gasteiger partial charge < -0.3 is 29.5 Å².